The number of hydrogen-bond acceptors (Lipinski definition) is 3. The average Bonchev–Trinajstić information content (AvgIpc) is 2.50. The van der Waals surface area contributed by atoms with Crippen molar-refractivity contribution < 1.29 is 4.74 Å². The summed E-state index contributed by atoms with van der Waals surface area (Å²) in [6, 6.07) is 0.746. The van der Waals surface area contributed by atoms with Crippen molar-refractivity contribution in [1.29, 1.82) is 0 Å². The maximum absolute atomic E-state index is 5.57. The second-order valence-corrected chi connectivity index (χ2v) is 7.70. The van der Waals surface area contributed by atoms with Gasteiger partial charge in [0.15, 0.2) is 5.96 Å². The minimum absolute atomic E-state index is 0. The lowest BCUT2D eigenvalue weighted by atomic mass is 9.89. The van der Waals surface area contributed by atoms with Gasteiger partial charge in [-0.25, -0.2) is 0 Å². The molecule has 0 saturated carbocycles. The van der Waals surface area contributed by atoms with Gasteiger partial charge in [0.05, 0.1) is 6.10 Å². The van der Waals surface area contributed by atoms with Crippen molar-refractivity contribution in [3.8, 4) is 0 Å². The van der Waals surface area contributed by atoms with Gasteiger partial charge in [-0.05, 0) is 38.1 Å². The van der Waals surface area contributed by atoms with Crippen molar-refractivity contribution in [3.63, 3.8) is 0 Å². The molecule has 0 aromatic rings. The van der Waals surface area contributed by atoms with Gasteiger partial charge in [-0.2, -0.15) is 0 Å². The first-order valence-corrected chi connectivity index (χ1v) is 9.10. The summed E-state index contributed by atoms with van der Waals surface area (Å²) in [6.07, 6.45) is 5.41. The number of halogens is 1. The third-order valence-corrected chi connectivity index (χ3v) is 4.78. The van der Waals surface area contributed by atoms with E-state index >= 15 is 0 Å². The summed E-state index contributed by atoms with van der Waals surface area (Å²) in [5.74, 6) is 0.864. The molecule has 2 N–H and O–H groups in total. The summed E-state index contributed by atoms with van der Waals surface area (Å²) < 4.78 is 5.57. The van der Waals surface area contributed by atoms with Gasteiger partial charge >= 0.3 is 0 Å². The zero-order valence-corrected chi connectivity index (χ0v) is 18.9. The SMILES string of the molecule is CN=C(NCCCN1CCCCC1C)NCC(OC)C(C)(C)C.I. The quantitative estimate of drug-likeness (QED) is 0.269. The highest BCUT2D eigenvalue weighted by atomic mass is 127. The summed E-state index contributed by atoms with van der Waals surface area (Å²) in [6.45, 7) is 13.1. The molecule has 1 rings (SSSR count). The van der Waals surface area contributed by atoms with E-state index in [0.29, 0.717) is 0 Å². The van der Waals surface area contributed by atoms with Crippen LogP contribution in [0.2, 0.25) is 0 Å². The second kappa shape index (κ2) is 12.3. The molecule has 0 aliphatic carbocycles. The first kappa shape index (κ1) is 23.9. The van der Waals surface area contributed by atoms with Gasteiger partial charge in [0.25, 0.3) is 0 Å². The fraction of sp³-hybridized carbons (Fsp3) is 0.944. The molecule has 1 saturated heterocycles. The highest BCUT2D eigenvalue weighted by molar-refractivity contribution is 14.0. The van der Waals surface area contributed by atoms with Crippen LogP contribution in [-0.2, 0) is 4.74 Å². The number of methoxy groups -OCH3 is 1. The maximum Gasteiger partial charge on any atom is 0.191 e. The van der Waals surface area contributed by atoms with Crippen LogP contribution in [-0.4, -0.2) is 63.3 Å². The minimum atomic E-state index is 0. The Morgan fingerprint density at radius 1 is 1.29 bits per heavy atom. The molecule has 24 heavy (non-hydrogen) atoms. The van der Waals surface area contributed by atoms with Crippen LogP contribution in [0.25, 0.3) is 0 Å². The number of piperidine rings is 1. The molecule has 0 bridgehead atoms. The van der Waals surface area contributed by atoms with Crippen molar-refractivity contribution >= 4 is 29.9 Å². The van der Waals surface area contributed by atoms with Gasteiger partial charge in [0, 0.05) is 39.8 Å². The summed E-state index contributed by atoms with van der Waals surface area (Å²) in [7, 11) is 3.59. The van der Waals surface area contributed by atoms with Crippen LogP contribution in [0.5, 0.6) is 0 Å². The Balaban J connectivity index is 0.00000529. The van der Waals surface area contributed by atoms with E-state index in [1.54, 1.807) is 7.11 Å². The summed E-state index contributed by atoms with van der Waals surface area (Å²) in [5.41, 5.74) is 0.116. The van der Waals surface area contributed by atoms with Crippen LogP contribution in [0.3, 0.4) is 0 Å². The predicted octanol–water partition coefficient (Wildman–Crippen LogP) is 3.10. The maximum atomic E-state index is 5.57. The first-order chi connectivity index (χ1) is 10.9. The molecule has 2 atom stereocenters. The van der Waals surface area contributed by atoms with Crippen LogP contribution < -0.4 is 10.6 Å². The summed E-state index contributed by atoms with van der Waals surface area (Å²) >= 11 is 0. The lowest BCUT2D eigenvalue weighted by molar-refractivity contribution is 0.0205. The molecule has 1 fully saturated rings. The van der Waals surface area contributed by atoms with E-state index < -0.39 is 0 Å². The molecule has 0 amide bonds. The molecular formula is C18H39IN4O. The van der Waals surface area contributed by atoms with Crippen molar-refractivity contribution in [2.24, 2.45) is 10.4 Å². The second-order valence-electron chi connectivity index (χ2n) is 7.70. The topological polar surface area (TPSA) is 48.9 Å². The highest BCUT2D eigenvalue weighted by Crippen LogP contribution is 2.20. The van der Waals surface area contributed by atoms with Gasteiger partial charge in [-0.3, -0.25) is 4.99 Å². The van der Waals surface area contributed by atoms with Crippen molar-refractivity contribution in [2.45, 2.75) is 65.5 Å². The first-order valence-electron chi connectivity index (χ1n) is 9.10. The van der Waals surface area contributed by atoms with Gasteiger partial charge in [-0.1, -0.05) is 27.2 Å². The zero-order chi connectivity index (χ0) is 17.3. The zero-order valence-electron chi connectivity index (χ0n) is 16.5. The Kier molecular flexibility index (Phi) is 12.3. The van der Waals surface area contributed by atoms with E-state index in [4.69, 9.17) is 4.74 Å². The minimum Gasteiger partial charge on any atom is -0.379 e. The Morgan fingerprint density at radius 2 is 2.00 bits per heavy atom. The largest absolute Gasteiger partial charge is 0.379 e. The molecule has 2 unspecified atom stereocenters. The molecular weight excluding hydrogens is 415 g/mol. The van der Waals surface area contributed by atoms with Crippen molar-refractivity contribution in [1.82, 2.24) is 15.5 Å². The van der Waals surface area contributed by atoms with Crippen LogP contribution >= 0.6 is 24.0 Å². The standard InChI is InChI=1S/C18H38N4O.HI/c1-15-10-7-8-12-22(15)13-9-11-20-17(19-5)21-14-16(23-6)18(2,3)4;/h15-16H,7-14H2,1-6H3,(H2,19,20,21);1H. The molecule has 144 valence electrons. The monoisotopic (exact) mass is 454 g/mol. The summed E-state index contributed by atoms with van der Waals surface area (Å²) in [4.78, 5) is 6.91. The van der Waals surface area contributed by atoms with E-state index in [0.717, 1.165) is 31.5 Å². The lowest BCUT2D eigenvalue weighted by Gasteiger charge is -2.33. The number of hydrogen-bond donors (Lipinski definition) is 2. The van der Waals surface area contributed by atoms with Gasteiger partial charge in [-0.15, -0.1) is 24.0 Å². The fourth-order valence-corrected chi connectivity index (χ4v) is 3.13. The molecule has 0 spiro atoms. The van der Waals surface area contributed by atoms with E-state index in [-0.39, 0.29) is 35.5 Å². The third-order valence-electron chi connectivity index (χ3n) is 4.78. The van der Waals surface area contributed by atoms with E-state index in [9.17, 15) is 0 Å². The van der Waals surface area contributed by atoms with Crippen LogP contribution in [0.1, 0.15) is 53.4 Å². The van der Waals surface area contributed by atoms with Crippen LogP contribution in [0.4, 0.5) is 0 Å². The fourth-order valence-electron chi connectivity index (χ4n) is 3.13. The highest BCUT2D eigenvalue weighted by Gasteiger charge is 2.24. The van der Waals surface area contributed by atoms with Gasteiger partial charge in [0.1, 0.15) is 0 Å². The number of guanidine groups is 1. The third kappa shape index (κ3) is 8.85. The van der Waals surface area contributed by atoms with Crippen LogP contribution in [0, 0.1) is 5.41 Å². The van der Waals surface area contributed by atoms with Gasteiger partial charge < -0.3 is 20.3 Å². The molecule has 1 heterocycles. The number of ether oxygens (including phenoxy) is 1. The predicted molar refractivity (Wildman–Crippen MR) is 115 cm³/mol. The van der Waals surface area contributed by atoms with E-state index in [2.05, 4.69) is 48.2 Å². The van der Waals surface area contributed by atoms with E-state index in [1.165, 1.54) is 32.4 Å². The van der Waals surface area contributed by atoms with E-state index in [1.807, 2.05) is 7.05 Å². The molecule has 1 aliphatic heterocycles. The molecule has 0 radical (unpaired) electrons. The summed E-state index contributed by atoms with van der Waals surface area (Å²) in [5, 5.41) is 6.79. The van der Waals surface area contributed by atoms with Gasteiger partial charge in [0.2, 0.25) is 0 Å². The molecule has 1 aliphatic rings. The van der Waals surface area contributed by atoms with Crippen LogP contribution in [0.15, 0.2) is 4.99 Å². The Bertz CT molecular complexity index is 357. The molecule has 0 aromatic carbocycles. The smallest absolute Gasteiger partial charge is 0.191 e. The Morgan fingerprint density at radius 3 is 2.54 bits per heavy atom. The molecule has 5 nitrogen and oxygen atoms in total. The molecule has 6 heteroatoms. The van der Waals surface area contributed by atoms with Crippen molar-refractivity contribution in [2.75, 3.05) is 40.3 Å². The molecule has 0 aromatic heterocycles. The van der Waals surface area contributed by atoms with Crippen molar-refractivity contribution in [3.05, 3.63) is 0 Å². The lowest BCUT2D eigenvalue weighted by Crippen LogP contribution is -2.46. The number of rotatable bonds is 7. The normalized spacial score (nSPS) is 21.1. The number of nitrogens with zero attached hydrogens (tertiary/aromatic N) is 2. The average molecular weight is 454 g/mol. The number of aliphatic imine (C=N–C) groups is 1. The number of nitrogens with one attached hydrogen (secondary N) is 2. The Hall–Kier alpha value is -0.0800. The Labute approximate surface area is 166 Å². The number of likely N-dealkylation sites (tertiary alicyclic amines) is 1.